The molecule has 1 aliphatic carbocycles. The molecule has 0 saturated heterocycles. The van der Waals surface area contributed by atoms with Crippen molar-refractivity contribution in [2.75, 3.05) is 26.3 Å². The number of rotatable bonds is 8. The van der Waals surface area contributed by atoms with Crippen molar-refractivity contribution in [1.29, 1.82) is 0 Å². The second kappa shape index (κ2) is 6.38. The number of hydrogen-bond donors (Lipinski definition) is 2. The minimum absolute atomic E-state index is 0.273. The average Bonchev–Trinajstić information content (AvgIpc) is 2.94. The Balaban J connectivity index is 1.78. The molecule has 3 nitrogen and oxygen atoms in total. The number of nitrogens with two attached hydrogens (primary N) is 1. The first-order valence-corrected chi connectivity index (χ1v) is 5.74. The summed E-state index contributed by atoms with van der Waals surface area (Å²) >= 11 is 0. The fourth-order valence-electron chi connectivity index (χ4n) is 1.19. The minimum Gasteiger partial charge on any atom is -0.380 e. The van der Waals surface area contributed by atoms with Crippen LogP contribution in [-0.2, 0) is 4.74 Å². The predicted octanol–water partition coefficient (Wildman–Crippen LogP) is 0.986. The lowest BCUT2D eigenvalue weighted by molar-refractivity contribution is 0.125. The van der Waals surface area contributed by atoms with Crippen LogP contribution >= 0.6 is 0 Å². The lowest BCUT2D eigenvalue weighted by atomic mass is 10.1. The van der Waals surface area contributed by atoms with Crippen molar-refractivity contribution in [3.63, 3.8) is 0 Å². The topological polar surface area (TPSA) is 47.3 Å². The highest BCUT2D eigenvalue weighted by Crippen LogP contribution is 2.28. The molecule has 0 radical (unpaired) electrons. The second-order valence-electron chi connectivity index (χ2n) is 4.56. The van der Waals surface area contributed by atoms with Gasteiger partial charge in [-0.15, -0.1) is 0 Å². The maximum absolute atomic E-state index is 5.75. The molecular formula is C11H24N2O. The van der Waals surface area contributed by atoms with Crippen molar-refractivity contribution in [2.45, 2.75) is 32.7 Å². The van der Waals surface area contributed by atoms with E-state index in [-0.39, 0.29) is 6.04 Å². The zero-order valence-electron chi connectivity index (χ0n) is 9.46. The van der Waals surface area contributed by atoms with Gasteiger partial charge in [0.1, 0.15) is 0 Å². The molecule has 0 aromatic rings. The summed E-state index contributed by atoms with van der Waals surface area (Å²) in [5, 5.41) is 3.36. The Labute approximate surface area is 87.4 Å². The highest BCUT2D eigenvalue weighted by molar-refractivity contribution is 4.72. The fourth-order valence-corrected chi connectivity index (χ4v) is 1.19. The van der Waals surface area contributed by atoms with Crippen molar-refractivity contribution in [2.24, 2.45) is 17.6 Å². The van der Waals surface area contributed by atoms with Crippen molar-refractivity contribution in [3.05, 3.63) is 0 Å². The quantitative estimate of drug-likeness (QED) is 0.574. The summed E-state index contributed by atoms with van der Waals surface area (Å²) in [5.41, 5.74) is 5.75. The maximum atomic E-state index is 5.75. The molecule has 0 aliphatic heterocycles. The van der Waals surface area contributed by atoms with Crippen LogP contribution in [-0.4, -0.2) is 32.3 Å². The zero-order chi connectivity index (χ0) is 10.4. The molecule has 0 aromatic heterocycles. The highest BCUT2D eigenvalue weighted by Gasteiger charge is 2.20. The van der Waals surface area contributed by atoms with E-state index in [4.69, 9.17) is 10.5 Å². The molecule has 0 heterocycles. The van der Waals surface area contributed by atoms with Crippen LogP contribution in [0.25, 0.3) is 0 Å². The van der Waals surface area contributed by atoms with E-state index in [9.17, 15) is 0 Å². The van der Waals surface area contributed by atoms with E-state index in [0.717, 1.165) is 32.2 Å². The monoisotopic (exact) mass is 200 g/mol. The molecule has 0 spiro atoms. The Bertz CT molecular complexity index is 146. The number of nitrogens with one attached hydrogen (secondary N) is 1. The lowest BCUT2D eigenvalue weighted by Crippen LogP contribution is -2.34. The third-order valence-corrected chi connectivity index (χ3v) is 2.84. The molecule has 14 heavy (non-hydrogen) atoms. The van der Waals surface area contributed by atoms with Crippen molar-refractivity contribution in [1.82, 2.24) is 5.32 Å². The molecule has 0 aromatic carbocycles. The summed E-state index contributed by atoms with van der Waals surface area (Å²) in [6.07, 6.45) is 2.74. The van der Waals surface area contributed by atoms with Gasteiger partial charge in [-0.2, -0.15) is 0 Å². The summed E-state index contributed by atoms with van der Waals surface area (Å²) in [5.74, 6) is 1.41. The number of ether oxygens (including phenoxy) is 1. The van der Waals surface area contributed by atoms with Crippen LogP contribution in [0.4, 0.5) is 0 Å². The Morgan fingerprint density at radius 2 is 2.14 bits per heavy atom. The molecule has 0 bridgehead atoms. The van der Waals surface area contributed by atoms with Gasteiger partial charge >= 0.3 is 0 Å². The lowest BCUT2D eigenvalue weighted by Gasteiger charge is -2.15. The van der Waals surface area contributed by atoms with E-state index in [1.165, 1.54) is 12.8 Å². The SMILES string of the molecule is CC(N)C(C)CNCCOCC1CC1. The smallest absolute Gasteiger partial charge is 0.0591 e. The normalized spacial score (nSPS) is 20.8. The van der Waals surface area contributed by atoms with E-state index < -0.39 is 0 Å². The van der Waals surface area contributed by atoms with Crippen LogP contribution in [0.5, 0.6) is 0 Å². The third-order valence-electron chi connectivity index (χ3n) is 2.84. The highest BCUT2D eigenvalue weighted by atomic mass is 16.5. The number of hydrogen-bond acceptors (Lipinski definition) is 3. The molecule has 3 heteroatoms. The summed E-state index contributed by atoms with van der Waals surface area (Å²) in [4.78, 5) is 0. The summed E-state index contributed by atoms with van der Waals surface area (Å²) in [7, 11) is 0. The Morgan fingerprint density at radius 3 is 2.71 bits per heavy atom. The summed E-state index contributed by atoms with van der Waals surface area (Å²) in [6.45, 7) is 7.96. The van der Waals surface area contributed by atoms with E-state index in [1.807, 2.05) is 0 Å². The van der Waals surface area contributed by atoms with Crippen LogP contribution in [0.15, 0.2) is 0 Å². The molecule has 1 fully saturated rings. The van der Waals surface area contributed by atoms with Crippen molar-refractivity contribution >= 4 is 0 Å². The van der Waals surface area contributed by atoms with Gasteiger partial charge in [-0.1, -0.05) is 6.92 Å². The molecule has 84 valence electrons. The van der Waals surface area contributed by atoms with Gasteiger partial charge in [-0.05, 0) is 38.1 Å². The predicted molar refractivity (Wildman–Crippen MR) is 59.2 cm³/mol. The van der Waals surface area contributed by atoms with Gasteiger partial charge in [0.05, 0.1) is 6.61 Å². The molecule has 1 aliphatic rings. The first-order chi connectivity index (χ1) is 6.70. The van der Waals surface area contributed by atoms with Gasteiger partial charge in [0.25, 0.3) is 0 Å². The average molecular weight is 200 g/mol. The fraction of sp³-hybridized carbons (Fsp3) is 1.00. The van der Waals surface area contributed by atoms with Gasteiger partial charge in [0, 0.05) is 19.2 Å². The third kappa shape index (κ3) is 5.58. The first-order valence-electron chi connectivity index (χ1n) is 5.74. The second-order valence-corrected chi connectivity index (χ2v) is 4.56. The maximum Gasteiger partial charge on any atom is 0.0591 e. The standard InChI is InChI=1S/C11H24N2O/c1-9(10(2)12)7-13-5-6-14-8-11-3-4-11/h9-11,13H,3-8,12H2,1-2H3. The van der Waals surface area contributed by atoms with Crippen LogP contribution in [0.1, 0.15) is 26.7 Å². The van der Waals surface area contributed by atoms with Crippen LogP contribution in [0.2, 0.25) is 0 Å². The van der Waals surface area contributed by atoms with Gasteiger partial charge in [-0.25, -0.2) is 0 Å². The van der Waals surface area contributed by atoms with Gasteiger partial charge in [0.15, 0.2) is 0 Å². The molecule has 2 unspecified atom stereocenters. The van der Waals surface area contributed by atoms with Gasteiger partial charge in [-0.3, -0.25) is 0 Å². The van der Waals surface area contributed by atoms with Gasteiger partial charge < -0.3 is 15.8 Å². The molecule has 1 saturated carbocycles. The Hall–Kier alpha value is -0.120. The van der Waals surface area contributed by atoms with Gasteiger partial charge in [0.2, 0.25) is 0 Å². The minimum atomic E-state index is 0.273. The largest absolute Gasteiger partial charge is 0.380 e. The van der Waals surface area contributed by atoms with Crippen LogP contribution in [0.3, 0.4) is 0 Å². The molecule has 2 atom stereocenters. The van der Waals surface area contributed by atoms with Crippen molar-refractivity contribution in [3.8, 4) is 0 Å². The van der Waals surface area contributed by atoms with Crippen LogP contribution in [0, 0.1) is 11.8 Å². The molecule has 3 N–H and O–H groups in total. The Morgan fingerprint density at radius 1 is 1.43 bits per heavy atom. The molecular weight excluding hydrogens is 176 g/mol. The van der Waals surface area contributed by atoms with Crippen LogP contribution < -0.4 is 11.1 Å². The summed E-state index contributed by atoms with van der Waals surface area (Å²) < 4.78 is 5.51. The molecule has 0 amide bonds. The zero-order valence-corrected chi connectivity index (χ0v) is 9.46. The summed E-state index contributed by atoms with van der Waals surface area (Å²) in [6, 6.07) is 0.273. The van der Waals surface area contributed by atoms with E-state index in [0.29, 0.717) is 5.92 Å². The van der Waals surface area contributed by atoms with Crippen molar-refractivity contribution < 1.29 is 4.74 Å². The Kier molecular flexibility index (Phi) is 5.45. The molecule has 1 rings (SSSR count). The first kappa shape index (κ1) is 12.0. The van der Waals surface area contributed by atoms with E-state index in [1.54, 1.807) is 0 Å². The van der Waals surface area contributed by atoms with E-state index >= 15 is 0 Å². The van der Waals surface area contributed by atoms with E-state index in [2.05, 4.69) is 19.2 Å².